The van der Waals surface area contributed by atoms with Crippen LogP contribution < -0.4 is 9.47 Å². The highest BCUT2D eigenvalue weighted by Gasteiger charge is 2.30. The van der Waals surface area contributed by atoms with Gasteiger partial charge in [0, 0.05) is 11.6 Å². The van der Waals surface area contributed by atoms with E-state index in [-0.39, 0.29) is 19.0 Å². The fraction of sp³-hybridized carbons (Fsp3) is 0.158. The molecule has 6 nitrogen and oxygen atoms in total. The van der Waals surface area contributed by atoms with E-state index in [2.05, 4.69) is 5.16 Å². The van der Waals surface area contributed by atoms with Gasteiger partial charge in [-0.1, -0.05) is 5.16 Å². The maximum absolute atomic E-state index is 12.6. The molecule has 0 saturated carbocycles. The van der Waals surface area contributed by atoms with Crippen LogP contribution in [0.5, 0.6) is 11.5 Å². The quantitative estimate of drug-likeness (QED) is 0.612. The SMILES string of the molecule is O=C(OCc1cc(-c2ccc3c(c2)OCO3)on1)c1ccc(C(F)(F)F)cc1. The smallest absolute Gasteiger partial charge is 0.416 e. The van der Waals surface area contributed by atoms with Gasteiger partial charge in [0.1, 0.15) is 12.3 Å². The molecule has 0 N–H and O–H groups in total. The molecule has 1 aromatic heterocycles. The molecule has 4 rings (SSSR count). The molecule has 1 aliphatic rings. The molecule has 0 radical (unpaired) electrons. The van der Waals surface area contributed by atoms with Gasteiger partial charge in [-0.15, -0.1) is 0 Å². The number of carbonyl (C=O) groups excluding carboxylic acids is 1. The summed E-state index contributed by atoms with van der Waals surface area (Å²) in [5, 5.41) is 3.83. The number of halogens is 3. The summed E-state index contributed by atoms with van der Waals surface area (Å²) in [5.74, 6) is 0.901. The molecule has 0 aliphatic carbocycles. The van der Waals surface area contributed by atoms with Crippen LogP contribution >= 0.6 is 0 Å². The number of ether oxygens (including phenoxy) is 3. The van der Waals surface area contributed by atoms with Crippen molar-refractivity contribution in [2.75, 3.05) is 6.79 Å². The number of aromatic nitrogens is 1. The Balaban J connectivity index is 1.40. The molecule has 3 aromatic rings. The van der Waals surface area contributed by atoms with Crippen LogP contribution in [-0.2, 0) is 17.5 Å². The van der Waals surface area contributed by atoms with Gasteiger partial charge in [-0.2, -0.15) is 13.2 Å². The van der Waals surface area contributed by atoms with Crippen LogP contribution in [0, 0.1) is 0 Å². The molecule has 1 aliphatic heterocycles. The summed E-state index contributed by atoms with van der Waals surface area (Å²) in [5.41, 5.74) is 0.228. The zero-order valence-corrected chi connectivity index (χ0v) is 14.2. The normalized spacial score (nSPS) is 12.8. The molecule has 0 amide bonds. The molecule has 144 valence electrons. The van der Waals surface area contributed by atoms with Gasteiger partial charge in [-0.05, 0) is 42.5 Å². The molecule has 2 heterocycles. The van der Waals surface area contributed by atoms with Crippen molar-refractivity contribution < 1.29 is 36.7 Å². The van der Waals surface area contributed by atoms with E-state index in [4.69, 9.17) is 18.7 Å². The third kappa shape index (κ3) is 3.64. The van der Waals surface area contributed by atoms with Gasteiger partial charge < -0.3 is 18.7 Å². The van der Waals surface area contributed by atoms with Crippen molar-refractivity contribution in [3.8, 4) is 22.8 Å². The molecule has 0 atom stereocenters. The summed E-state index contributed by atoms with van der Waals surface area (Å²) >= 11 is 0. The summed E-state index contributed by atoms with van der Waals surface area (Å²) in [7, 11) is 0. The Labute approximate surface area is 156 Å². The molecular formula is C19H12F3NO5. The fourth-order valence-corrected chi connectivity index (χ4v) is 2.58. The van der Waals surface area contributed by atoms with E-state index in [0.29, 0.717) is 28.5 Å². The van der Waals surface area contributed by atoms with E-state index >= 15 is 0 Å². The van der Waals surface area contributed by atoms with Crippen molar-refractivity contribution in [2.24, 2.45) is 0 Å². The van der Waals surface area contributed by atoms with Crippen molar-refractivity contribution in [3.05, 3.63) is 65.4 Å². The Hall–Kier alpha value is -3.49. The molecule has 0 saturated heterocycles. The molecule has 9 heteroatoms. The number of rotatable bonds is 4. The number of nitrogens with zero attached hydrogens (tertiary/aromatic N) is 1. The van der Waals surface area contributed by atoms with Gasteiger partial charge >= 0.3 is 12.1 Å². The first kappa shape index (κ1) is 17.9. The van der Waals surface area contributed by atoms with Gasteiger partial charge in [0.2, 0.25) is 6.79 Å². The molecule has 0 bridgehead atoms. The lowest BCUT2D eigenvalue weighted by molar-refractivity contribution is -0.137. The predicted octanol–water partition coefficient (Wildman–Crippen LogP) is 4.45. The van der Waals surface area contributed by atoms with Gasteiger partial charge in [0.25, 0.3) is 0 Å². The van der Waals surface area contributed by atoms with Gasteiger partial charge in [0.15, 0.2) is 17.3 Å². The van der Waals surface area contributed by atoms with Crippen LogP contribution in [0.3, 0.4) is 0 Å². The number of benzene rings is 2. The third-order valence-corrected chi connectivity index (χ3v) is 4.02. The summed E-state index contributed by atoms with van der Waals surface area (Å²) in [6, 6.07) is 10.6. The number of alkyl halides is 3. The van der Waals surface area contributed by atoms with Gasteiger partial charge in [0.05, 0.1) is 11.1 Å². The second-order valence-corrected chi connectivity index (χ2v) is 5.90. The molecule has 0 spiro atoms. The largest absolute Gasteiger partial charge is 0.455 e. The van der Waals surface area contributed by atoms with Crippen molar-refractivity contribution in [1.29, 1.82) is 0 Å². The lowest BCUT2D eigenvalue weighted by Gasteiger charge is -2.07. The van der Waals surface area contributed by atoms with E-state index in [1.165, 1.54) is 0 Å². The zero-order chi connectivity index (χ0) is 19.7. The van der Waals surface area contributed by atoms with E-state index in [9.17, 15) is 18.0 Å². The predicted molar refractivity (Wildman–Crippen MR) is 88.6 cm³/mol. The number of hydrogen-bond donors (Lipinski definition) is 0. The minimum absolute atomic E-state index is 0.00693. The third-order valence-electron chi connectivity index (χ3n) is 4.02. The average Bonchev–Trinajstić information content (AvgIpc) is 3.34. The number of hydrogen-bond acceptors (Lipinski definition) is 6. The summed E-state index contributed by atoms with van der Waals surface area (Å²) < 4.78 is 58.5. The minimum atomic E-state index is -4.46. The Morgan fingerprint density at radius 1 is 1.04 bits per heavy atom. The Morgan fingerprint density at radius 3 is 2.54 bits per heavy atom. The van der Waals surface area contributed by atoms with Crippen LogP contribution in [0.4, 0.5) is 13.2 Å². The molecular weight excluding hydrogens is 379 g/mol. The van der Waals surface area contributed by atoms with Crippen LogP contribution in [0.25, 0.3) is 11.3 Å². The first-order chi connectivity index (χ1) is 13.4. The van der Waals surface area contributed by atoms with E-state index in [1.807, 2.05) is 0 Å². The maximum atomic E-state index is 12.6. The molecule has 2 aromatic carbocycles. The maximum Gasteiger partial charge on any atom is 0.416 e. The Bertz CT molecular complexity index is 1010. The Kier molecular flexibility index (Phi) is 4.42. The standard InChI is InChI=1S/C19H12F3NO5/c20-19(21,22)13-4-1-11(2-5-13)18(24)25-9-14-8-16(28-23-14)12-3-6-15-17(7-12)27-10-26-15/h1-8H,9-10H2. The van der Waals surface area contributed by atoms with Crippen molar-refractivity contribution in [1.82, 2.24) is 5.16 Å². The molecule has 0 fully saturated rings. The number of esters is 1. The monoisotopic (exact) mass is 391 g/mol. The van der Waals surface area contributed by atoms with Crippen molar-refractivity contribution in [3.63, 3.8) is 0 Å². The fourth-order valence-electron chi connectivity index (χ4n) is 2.58. The first-order valence-electron chi connectivity index (χ1n) is 8.10. The first-order valence-corrected chi connectivity index (χ1v) is 8.10. The second-order valence-electron chi connectivity index (χ2n) is 5.90. The highest BCUT2D eigenvalue weighted by Crippen LogP contribution is 2.36. The minimum Gasteiger partial charge on any atom is -0.455 e. The number of fused-ring (bicyclic) bond motifs is 1. The van der Waals surface area contributed by atoms with E-state index in [1.54, 1.807) is 24.3 Å². The van der Waals surface area contributed by atoms with Gasteiger partial charge in [-0.25, -0.2) is 4.79 Å². The average molecular weight is 391 g/mol. The van der Waals surface area contributed by atoms with Crippen LogP contribution in [0.1, 0.15) is 21.6 Å². The van der Waals surface area contributed by atoms with E-state index < -0.39 is 17.7 Å². The number of carbonyl (C=O) groups is 1. The van der Waals surface area contributed by atoms with Crippen LogP contribution in [0.15, 0.2) is 53.1 Å². The van der Waals surface area contributed by atoms with Gasteiger partial charge in [-0.3, -0.25) is 0 Å². The summed E-state index contributed by atoms with van der Waals surface area (Å²) in [4.78, 5) is 12.0. The topological polar surface area (TPSA) is 70.8 Å². The van der Waals surface area contributed by atoms with Crippen LogP contribution in [-0.4, -0.2) is 17.9 Å². The van der Waals surface area contributed by atoms with Crippen LogP contribution in [0.2, 0.25) is 0 Å². The lowest BCUT2D eigenvalue weighted by atomic mass is 10.1. The van der Waals surface area contributed by atoms with Crippen molar-refractivity contribution in [2.45, 2.75) is 12.8 Å². The summed E-state index contributed by atoms with van der Waals surface area (Å²) in [6.45, 7) is -0.0335. The van der Waals surface area contributed by atoms with E-state index in [0.717, 1.165) is 24.3 Å². The zero-order valence-electron chi connectivity index (χ0n) is 14.2. The van der Waals surface area contributed by atoms with Crippen molar-refractivity contribution >= 4 is 5.97 Å². The lowest BCUT2D eigenvalue weighted by Crippen LogP contribution is -2.08. The Morgan fingerprint density at radius 2 is 1.79 bits per heavy atom. The second kappa shape index (κ2) is 6.91. The molecule has 28 heavy (non-hydrogen) atoms. The highest BCUT2D eigenvalue weighted by atomic mass is 19.4. The highest BCUT2D eigenvalue weighted by molar-refractivity contribution is 5.89. The molecule has 0 unspecified atom stereocenters. The summed E-state index contributed by atoms with van der Waals surface area (Å²) in [6.07, 6.45) is -4.46.